The highest BCUT2D eigenvalue weighted by Crippen LogP contribution is 2.35. The summed E-state index contributed by atoms with van der Waals surface area (Å²) < 4.78 is 16.3. The Bertz CT molecular complexity index is 428. The summed E-state index contributed by atoms with van der Waals surface area (Å²) in [7, 11) is 5.10. The molecule has 112 valence electrons. The number of methoxy groups -OCH3 is 3. The molecular formula is C16H25NO3. The molecule has 0 saturated carbocycles. The summed E-state index contributed by atoms with van der Waals surface area (Å²) in [5.41, 5.74) is 2.38. The molecule has 1 unspecified atom stereocenters. The first kappa shape index (κ1) is 15.1. The van der Waals surface area contributed by atoms with Crippen molar-refractivity contribution < 1.29 is 14.2 Å². The van der Waals surface area contributed by atoms with Crippen molar-refractivity contribution in [1.82, 2.24) is 5.32 Å². The average Bonchev–Trinajstić information content (AvgIpc) is 2.49. The lowest BCUT2D eigenvalue weighted by Gasteiger charge is -2.26. The minimum Gasteiger partial charge on any atom is -0.493 e. The van der Waals surface area contributed by atoms with Gasteiger partial charge in [-0.25, -0.2) is 0 Å². The van der Waals surface area contributed by atoms with E-state index in [0.29, 0.717) is 12.6 Å². The Morgan fingerprint density at radius 1 is 1.15 bits per heavy atom. The lowest BCUT2D eigenvalue weighted by molar-refractivity contribution is 0.183. The van der Waals surface area contributed by atoms with Gasteiger partial charge in [0.1, 0.15) is 0 Å². The lowest BCUT2D eigenvalue weighted by Crippen LogP contribution is -2.36. The number of hydrogen-bond acceptors (Lipinski definition) is 4. The van der Waals surface area contributed by atoms with Crippen molar-refractivity contribution in [2.45, 2.75) is 38.3 Å². The molecule has 0 aromatic heterocycles. The Hall–Kier alpha value is -1.26. The third kappa shape index (κ3) is 3.44. The van der Waals surface area contributed by atoms with Crippen LogP contribution in [0.15, 0.2) is 12.1 Å². The Balaban J connectivity index is 2.29. The predicted octanol–water partition coefficient (Wildman–Crippen LogP) is 2.53. The van der Waals surface area contributed by atoms with E-state index >= 15 is 0 Å². The SMILES string of the molecule is COCc1ccc(OC)c(OC)c1CC1CCCCN1. The van der Waals surface area contributed by atoms with Gasteiger partial charge in [0.15, 0.2) is 11.5 Å². The fourth-order valence-corrected chi connectivity index (χ4v) is 2.89. The minimum absolute atomic E-state index is 0.514. The molecule has 1 fully saturated rings. The van der Waals surface area contributed by atoms with Crippen molar-refractivity contribution in [3.8, 4) is 11.5 Å². The van der Waals surface area contributed by atoms with Gasteiger partial charge in [0.25, 0.3) is 0 Å². The van der Waals surface area contributed by atoms with Gasteiger partial charge in [-0.15, -0.1) is 0 Å². The van der Waals surface area contributed by atoms with Crippen molar-refractivity contribution in [1.29, 1.82) is 0 Å². The zero-order chi connectivity index (χ0) is 14.4. The predicted molar refractivity (Wildman–Crippen MR) is 79.6 cm³/mol. The average molecular weight is 279 g/mol. The molecule has 1 aliphatic heterocycles. The van der Waals surface area contributed by atoms with Gasteiger partial charge >= 0.3 is 0 Å². The van der Waals surface area contributed by atoms with Gasteiger partial charge in [-0.2, -0.15) is 0 Å². The maximum absolute atomic E-state index is 5.59. The van der Waals surface area contributed by atoms with Gasteiger partial charge in [-0.1, -0.05) is 12.5 Å². The molecule has 2 rings (SSSR count). The van der Waals surface area contributed by atoms with Crippen LogP contribution < -0.4 is 14.8 Å². The minimum atomic E-state index is 0.514. The van der Waals surface area contributed by atoms with Crippen LogP contribution in [0.3, 0.4) is 0 Å². The summed E-state index contributed by atoms with van der Waals surface area (Å²) in [4.78, 5) is 0. The van der Waals surface area contributed by atoms with Crippen molar-refractivity contribution in [2.75, 3.05) is 27.9 Å². The van der Waals surface area contributed by atoms with E-state index in [2.05, 4.69) is 11.4 Å². The van der Waals surface area contributed by atoms with E-state index < -0.39 is 0 Å². The second-order valence-electron chi connectivity index (χ2n) is 5.22. The highest BCUT2D eigenvalue weighted by molar-refractivity contribution is 5.51. The molecule has 0 bridgehead atoms. The number of rotatable bonds is 6. The summed E-state index contributed by atoms with van der Waals surface area (Å²) in [6, 6.07) is 4.54. The third-order valence-corrected chi connectivity index (χ3v) is 3.91. The van der Waals surface area contributed by atoms with Gasteiger partial charge in [-0.3, -0.25) is 0 Å². The Morgan fingerprint density at radius 2 is 2.00 bits per heavy atom. The second kappa shape index (κ2) is 7.50. The third-order valence-electron chi connectivity index (χ3n) is 3.91. The second-order valence-corrected chi connectivity index (χ2v) is 5.22. The molecule has 4 heteroatoms. The van der Waals surface area contributed by atoms with Crippen LogP contribution in [0.5, 0.6) is 11.5 Å². The summed E-state index contributed by atoms with van der Waals surface area (Å²) in [5.74, 6) is 1.63. The van der Waals surface area contributed by atoms with Crippen LogP contribution in [0.1, 0.15) is 30.4 Å². The maximum Gasteiger partial charge on any atom is 0.164 e. The molecule has 1 aliphatic rings. The van der Waals surface area contributed by atoms with Crippen LogP contribution >= 0.6 is 0 Å². The van der Waals surface area contributed by atoms with Crippen molar-refractivity contribution in [2.24, 2.45) is 0 Å². The highest BCUT2D eigenvalue weighted by Gasteiger charge is 2.20. The Labute approximate surface area is 121 Å². The largest absolute Gasteiger partial charge is 0.493 e. The zero-order valence-electron chi connectivity index (χ0n) is 12.7. The normalized spacial score (nSPS) is 18.9. The molecule has 1 aromatic carbocycles. The van der Waals surface area contributed by atoms with Crippen molar-refractivity contribution >= 4 is 0 Å². The number of hydrogen-bond donors (Lipinski definition) is 1. The summed E-state index contributed by atoms with van der Waals surface area (Å²) in [6.07, 6.45) is 4.74. The van der Waals surface area contributed by atoms with Crippen LogP contribution in [0.4, 0.5) is 0 Å². The van der Waals surface area contributed by atoms with Crippen LogP contribution in [-0.4, -0.2) is 33.9 Å². The fourth-order valence-electron chi connectivity index (χ4n) is 2.89. The van der Waals surface area contributed by atoms with E-state index in [1.807, 2.05) is 6.07 Å². The van der Waals surface area contributed by atoms with Gasteiger partial charge < -0.3 is 19.5 Å². The first-order chi connectivity index (χ1) is 9.80. The highest BCUT2D eigenvalue weighted by atomic mass is 16.5. The van der Waals surface area contributed by atoms with E-state index in [4.69, 9.17) is 14.2 Å². The summed E-state index contributed by atoms with van der Waals surface area (Å²) in [5, 5.41) is 3.59. The van der Waals surface area contributed by atoms with E-state index in [-0.39, 0.29) is 0 Å². The fraction of sp³-hybridized carbons (Fsp3) is 0.625. The summed E-state index contributed by atoms with van der Waals surface area (Å²) >= 11 is 0. The molecule has 4 nitrogen and oxygen atoms in total. The first-order valence-electron chi connectivity index (χ1n) is 7.25. The molecule has 1 N–H and O–H groups in total. The van der Waals surface area contributed by atoms with E-state index in [0.717, 1.165) is 24.5 Å². The Morgan fingerprint density at radius 3 is 2.60 bits per heavy atom. The molecular weight excluding hydrogens is 254 g/mol. The number of nitrogens with one attached hydrogen (secondary N) is 1. The molecule has 0 aliphatic carbocycles. The molecule has 0 radical (unpaired) electrons. The quantitative estimate of drug-likeness (QED) is 0.868. The van der Waals surface area contributed by atoms with Gasteiger partial charge in [0, 0.05) is 18.7 Å². The van der Waals surface area contributed by atoms with Gasteiger partial charge in [-0.05, 0) is 37.4 Å². The van der Waals surface area contributed by atoms with Crippen LogP contribution in [0.2, 0.25) is 0 Å². The number of ether oxygens (including phenoxy) is 3. The standard InChI is InChI=1S/C16H25NO3/c1-18-11-12-7-8-15(19-2)16(20-3)14(12)10-13-6-4-5-9-17-13/h7-8,13,17H,4-6,9-11H2,1-3H3. The topological polar surface area (TPSA) is 39.7 Å². The molecule has 1 heterocycles. The zero-order valence-corrected chi connectivity index (χ0v) is 12.7. The first-order valence-corrected chi connectivity index (χ1v) is 7.25. The number of benzene rings is 1. The molecule has 0 amide bonds. The lowest BCUT2D eigenvalue weighted by atomic mass is 9.94. The number of piperidine rings is 1. The van der Waals surface area contributed by atoms with Gasteiger partial charge in [0.05, 0.1) is 20.8 Å². The van der Waals surface area contributed by atoms with Crippen molar-refractivity contribution in [3.63, 3.8) is 0 Å². The van der Waals surface area contributed by atoms with E-state index in [1.54, 1.807) is 21.3 Å². The molecule has 1 atom stereocenters. The van der Waals surface area contributed by atoms with E-state index in [1.165, 1.54) is 30.4 Å². The molecule has 0 spiro atoms. The molecule has 1 aromatic rings. The maximum atomic E-state index is 5.59. The van der Waals surface area contributed by atoms with Crippen LogP contribution in [0, 0.1) is 0 Å². The van der Waals surface area contributed by atoms with Crippen molar-refractivity contribution in [3.05, 3.63) is 23.3 Å². The van der Waals surface area contributed by atoms with Gasteiger partial charge in [0.2, 0.25) is 0 Å². The molecule has 20 heavy (non-hydrogen) atoms. The van der Waals surface area contributed by atoms with E-state index in [9.17, 15) is 0 Å². The summed E-state index contributed by atoms with van der Waals surface area (Å²) in [6.45, 7) is 1.71. The van der Waals surface area contributed by atoms with Crippen LogP contribution in [0.25, 0.3) is 0 Å². The Kier molecular flexibility index (Phi) is 5.68. The monoisotopic (exact) mass is 279 g/mol. The molecule has 1 saturated heterocycles. The van der Waals surface area contributed by atoms with Crippen LogP contribution in [-0.2, 0) is 17.8 Å². The smallest absolute Gasteiger partial charge is 0.164 e.